The summed E-state index contributed by atoms with van der Waals surface area (Å²) >= 11 is 0. The number of ether oxygens (including phenoxy) is 2. The summed E-state index contributed by atoms with van der Waals surface area (Å²) in [6, 6.07) is 9.26. The van der Waals surface area contributed by atoms with Gasteiger partial charge in [0.05, 0.1) is 42.5 Å². The Bertz CT molecular complexity index is 1830. The van der Waals surface area contributed by atoms with Gasteiger partial charge in [-0.15, -0.1) is 10.2 Å². The quantitative estimate of drug-likeness (QED) is 0.164. The maximum atomic E-state index is 13.1. The van der Waals surface area contributed by atoms with Gasteiger partial charge in [-0.1, -0.05) is 6.07 Å². The number of amides is 4. The lowest BCUT2D eigenvalue weighted by Gasteiger charge is -2.17. The number of hydrogen-bond donors (Lipinski definition) is 2. The molecular weight excluding hydrogens is 586 g/mol. The summed E-state index contributed by atoms with van der Waals surface area (Å²) < 4.78 is 12.4. The Morgan fingerprint density at radius 2 is 1.51 bits per heavy atom. The van der Waals surface area contributed by atoms with Crippen molar-refractivity contribution in [3.05, 3.63) is 58.7 Å². The van der Waals surface area contributed by atoms with E-state index in [1.165, 1.54) is 34.9 Å². The summed E-state index contributed by atoms with van der Waals surface area (Å²) in [4.78, 5) is 65.3. The van der Waals surface area contributed by atoms with Crippen LogP contribution < -0.4 is 0 Å². The summed E-state index contributed by atoms with van der Waals surface area (Å²) in [6.45, 7) is 1.44. The van der Waals surface area contributed by atoms with Crippen LogP contribution in [0.25, 0.3) is 10.8 Å². The number of nitrogens with zero attached hydrogens (tertiary/aromatic N) is 5. The molecule has 0 bridgehead atoms. The molecule has 0 spiro atoms. The predicted molar refractivity (Wildman–Crippen MR) is 153 cm³/mol. The van der Waals surface area contributed by atoms with Crippen LogP contribution in [-0.4, -0.2) is 81.1 Å². The zero-order valence-corrected chi connectivity index (χ0v) is 23.8. The molecule has 0 aliphatic carbocycles. The first kappa shape index (κ1) is 29.8. The molecule has 14 nitrogen and oxygen atoms in total. The molecule has 2 saturated heterocycles. The second kappa shape index (κ2) is 12.0. The van der Waals surface area contributed by atoms with Crippen LogP contribution in [0.4, 0.5) is 0 Å². The molecule has 45 heavy (non-hydrogen) atoms. The maximum Gasteiger partial charge on any atom is 0.295 e. The Hall–Kier alpha value is -5.26. The fourth-order valence-corrected chi connectivity index (χ4v) is 5.82. The van der Waals surface area contributed by atoms with E-state index in [1.807, 2.05) is 0 Å². The Labute approximate surface area is 255 Å². The van der Waals surface area contributed by atoms with E-state index in [-0.39, 0.29) is 70.1 Å². The molecule has 2 fully saturated rings. The molecule has 0 unspecified atom stereocenters. The van der Waals surface area contributed by atoms with Crippen molar-refractivity contribution in [1.82, 2.24) is 9.47 Å². The molecule has 230 valence electrons. The van der Waals surface area contributed by atoms with Crippen molar-refractivity contribution in [1.29, 1.82) is 5.26 Å². The number of aromatic nitrogens is 1. The molecule has 2 N–H and O–H groups in total. The van der Waals surface area contributed by atoms with Crippen LogP contribution in [-0.2, 0) is 20.8 Å². The van der Waals surface area contributed by atoms with E-state index in [9.17, 15) is 39.4 Å². The Morgan fingerprint density at radius 3 is 2.18 bits per heavy atom. The molecule has 3 atom stereocenters. The summed E-state index contributed by atoms with van der Waals surface area (Å²) in [5.74, 6) is -6.85. The molecule has 3 aliphatic heterocycles. The van der Waals surface area contributed by atoms with E-state index < -0.39 is 35.3 Å². The highest BCUT2D eigenvalue weighted by molar-refractivity contribution is 6.22. The maximum absolute atomic E-state index is 13.1. The van der Waals surface area contributed by atoms with E-state index in [4.69, 9.17) is 9.47 Å². The Balaban J connectivity index is 1.16. The Kier molecular flexibility index (Phi) is 7.96. The third-order valence-corrected chi connectivity index (χ3v) is 8.21. The Morgan fingerprint density at radius 1 is 0.867 bits per heavy atom. The first-order valence-electron chi connectivity index (χ1n) is 14.4. The second-order valence-corrected chi connectivity index (χ2v) is 11.0. The first-order chi connectivity index (χ1) is 21.7. The van der Waals surface area contributed by atoms with Crippen LogP contribution in [0.1, 0.15) is 67.1 Å². The molecular formula is C31H27N5O9. The van der Waals surface area contributed by atoms with Gasteiger partial charge >= 0.3 is 0 Å². The lowest BCUT2D eigenvalue weighted by atomic mass is 9.95. The minimum atomic E-state index is -1.97. The van der Waals surface area contributed by atoms with E-state index in [0.717, 1.165) is 30.2 Å². The minimum Gasteiger partial charge on any atom is -0.494 e. The lowest BCUT2D eigenvalue weighted by Crippen LogP contribution is -2.36. The fraction of sp³-hybridized carbons (Fsp3) is 0.355. The van der Waals surface area contributed by atoms with Gasteiger partial charge < -0.3 is 19.7 Å². The average molecular weight is 614 g/mol. The van der Waals surface area contributed by atoms with Crippen LogP contribution in [0.3, 0.4) is 0 Å². The zero-order chi connectivity index (χ0) is 31.8. The predicted octanol–water partition coefficient (Wildman–Crippen LogP) is 3.15. The fourth-order valence-electron chi connectivity index (χ4n) is 5.82. The van der Waals surface area contributed by atoms with Crippen LogP contribution >= 0.6 is 0 Å². The van der Waals surface area contributed by atoms with Crippen molar-refractivity contribution in [2.75, 3.05) is 19.8 Å². The number of aromatic hydroxyl groups is 2. The van der Waals surface area contributed by atoms with E-state index in [0.29, 0.717) is 19.6 Å². The van der Waals surface area contributed by atoms with Crippen molar-refractivity contribution >= 4 is 40.2 Å². The molecule has 0 radical (unpaired) electrons. The SMILES string of the molecule is N#C[C@H](C(=O)N=NC(=O)c1ccc2c(O)n(C[C@H]3CCCO3)c(O)c2c1)C(=O)c1ccc2c(c1)C(=O)N(C[C@@H]1CCCO1)C2=O. The number of Topliss-reactive ketones (excluding diaryl/α,β-unsaturated/α-hetero) is 1. The molecule has 4 heterocycles. The van der Waals surface area contributed by atoms with Crippen LogP contribution in [0.5, 0.6) is 11.8 Å². The number of hydrogen-bond acceptors (Lipinski definition) is 10. The van der Waals surface area contributed by atoms with Crippen molar-refractivity contribution < 1.29 is 43.7 Å². The lowest BCUT2D eigenvalue weighted by molar-refractivity contribution is -0.119. The molecule has 4 amide bonds. The average Bonchev–Trinajstić information content (AvgIpc) is 3.85. The first-order valence-corrected chi connectivity index (χ1v) is 14.4. The van der Waals surface area contributed by atoms with Crippen molar-refractivity contribution in [2.24, 2.45) is 16.1 Å². The van der Waals surface area contributed by atoms with Gasteiger partial charge in [-0.05, 0) is 56.0 Å². The summed E-state index contributed by atoms with van der Waals surface area (Å²) in [5, 5.41) is 38.0. The van der Waals surface area contributed by atoms with Gasteiger partial charge in [0.1, 0.15) is 0 Å². The zero-order valence-electron chi connectivity index (χ0n) is 23.8. The van der Waals surface area contributed by atoms with Crippen LogP contribution in [0.2, 0.25) is 0 Å². The highest BCUT2D eigenvalue weighted by Crippen LogP contribution is 2.38. The third kappa shape index (κ3) is 5.47. The minimum absolute atomic E-state index is 0.0286. The van der Waals surface area contributed by atoms with Gasteiger partial charge in [0.2, 0.25) is 11.8 Å². The van der Waals surface area contributed by atoms with Gasteiger partial charge in [0, 0.05) is 35.1 Å². The molecule has 0 saturated carbocycles. The number of ketones is 1. The standard InChI is InChI=1S/C31H27N5O9/c32-13-24(25(37)16-5-7-20-22(11-16)30(42)35(28(20)40)14-18-3-1-9-44-18)27(39)34-33-26(38)17-6-8-21-23(12-17)31(43)36(29(21)41)15-19-4-2-10-45-19/h5-8,11-12,18-19,24,41,43H,1-4,9-10,14-15H2/t18-,19+,24-/m0/s1. The van der Waals surface area contributed by atoms with Crippen LogP contribution in [0.15, 0.2) is 46.6 Å². The highest BCUT2D eigenvalue weighted by atomic mass is 16.5. The highest BCUT2D eigenvalue weighted by Gasteiger charge is 2.39. The van der Waals surface area contributed by atoms with E-state index in [1.54, 1.807) is 6.07 Å². The topological polar surface area (TPSA) is 201 Å². The smallest absolute Gasteiger partial charge is 0.295 e. The molecule has 6 rings (SSSR count). The second-order valence-electron chi connectivity index (χ2n) is 11.0. The number of rotatable bonds is 8. The van der Waals surface area contributed by atoms with Crippen molar-refractivity contribution in [2.45, 2.75) is 44.4 Å². The summed E-state index contributed by atoms with van der Waals surface area (Å²) in [5.41, 5.74) is -0.168. The number of azo groups is 1. The number of fused-ring (bicyclic) bond motifs is 2. The number of nitriles is 1. The number of carbonyl (C=O) groups excluding carboxylic acids is 5. The van der Waals surface area contributed by atoms with Gasteiger partial charge in [-0.2, -0.15) is 5.26 Å². The molecule has 3 aliphatic rings. The number of benzene rings is 2. The van der Waals surface area contributed by atoms with E-state index in [2.05, 4.69) is 10.2 Å². The van der Waals surface area contributed by atoms with Gasteiger partial charge in [-0.3, -0.25) is 33.4 Å². The molecule has 14 heteroatoms. The largest absolute Gasteiger partial charge is 0.494 e. The number of imide groups is 1. The monoisotopic (exact) mass is 613 g/mol. The van der Waals surface area contributed by atoms with Gasteiger partial charge in [0.15, 0.2) is 11.7 Å². The normalized spacial score (nSPS) is 20.2. The summed E-state index contributed by atoms with van der Waals surface area (Å²) in [7, 11) is 0. The van der Waals surface area contributed by atoms with E-state index >= 15 is 0 Å². The molecule has 3 aromatic rings. The van der Waals surface area contributed by atoms with Gasteiger partial charge in [0.25, 0.3) is 23.6 Å². The van der Waals surface area contributed by atoms with Crippen LogP contribution in [0, 0.1) is 17.2 Å². The summed E-state index contributed by atoms with van der Waals surface area (Å²) in [6.07, 6.45) is 2.75. The van der Waals surface area contributed by atoms with Crippen molar-refractivity contribution in [3.63, 3.8) is 0 Å². The van der Waals surface area contributed by atoms with Gasteiger partial charge in [-0.25, -0.2) is 0 Å². The molecule has 2 aromatic carbocycles. The third-order valence-electron chi connectivity index (χ3n) is 8.21. The number of carbonyl (C=O) groups is 5. The molecule has 1 aromatic heterocycles. The van der Waals surface area contributed by atoms with Crippen molar-refractivity contribution in [3.8, 4) is 17.8 Å².